The maximum atomic E-state index is 11.0. The summed E-state index contributed by atoms with van der Waals surface area (Å²) in [7, 11) is 2.11. The molecular weight excluding hydrogens is 270 g/mol. The van der Waals surface area contributed by atoms with Crippen LogP contribution in [0.2, 0.25) is 0 Å². The molecule has 0 saturated carbocycles. The van der Waals surface area contributed by atoms with Crippen molar-refractivity contribution in [3.8, 4) is 0 Å². The number of hydrogen-bond acceptors (Lipinski definition) is 5. The van der Waals surface area contributed by atoms with Crippen molar-refractivity contribution in [2.45, 2.75) is 25.8 Å². The van der Waals surface area contributed by atoms with Crippen molar-refractivity contribution in [2.24, 2.45) is 0 Å². The van der Waals surface area contributed by atoms with Gasteiger partial charge in [0, 0.05) is 50.1 Å². The summed E-state index contributed by atoms with van der Waals surface area (Å²) in [6.07, 6.45) is 1.28. The molecule has 0 amide bonds. The highest BCUT2D eigenvalue weighted by Gasteiger charge is 2.24. The van der Waals surface area contributed by atoms with E-state index in [9.17, 15) is 10.1 Å². The third-order valence-electron chi connectivity index (χ3n) is 4.02. The molecule has 116 valence electrons. The number of aliphatic hydroxyl groups excluding tert-OH is 1. The van der Waals surface area contributed by atoms with Crippen molar-refractivity contribution < 1.29 is 10.0 Å². The maximum absolute atomic E-state index is 11.0. The van der Waals surface area contributed by atoms with Crippen LogP contribution in [0.25, 0.3) is 0 Å². The molecule has 0 aromatic heterocycles. The van der Waals surface area contributed by atoms with Gasteiger partial charge < -0.3 is 14.9 Å². The molecule has 0 spiro atoms. The molecule has 21 heavy (non-hydrogen) atoms. The van der Waals surface area contributed by atoms with Gasteiger partial charge in [-0.3, -0.25) is 10.1 Å². The zero-order chi connectivity index (χ0) is 15.4. The van der Waals surface area contributed by atoms with Gasteiger partial charge in [-0.15, -0.1) is 0 Å². The first kappa shape index (κ1) is 15.7. The molecule has 1 aromatic rings. The van der Waals surface area contributed by atoms with E-state index < -0.39 is 0 Å². The monoisotopic (exact) mass is 293 g/mol. The van der Waals surface area contributed by atoms with Crippen LogP contribution in [0.4, 0.5) is 11.4 Å². The molecule has 1 atom stereocenters. The fraction of sp³-hybridized carbons (Fsp3) is 0.600. The molecule has 6 heteroatoms. The minimum atomic E-state index is -0.361. The van der Waals surface area contributed by atoms with Crippen LogP contribution in [0.3, 0.4) is 0 Å². The van der Waals surface area contributed by atoms with Crippen LogP contribution in [0.5, 0.6) is 0 Å². The number of aliphatic hydroxyl groups is 1. The predicted octanol–water partition coefficient (Wildman–Crippen LogP) is 1.66. The van der Waals surface area contributed by atoms with Gasteiger partial charge >= 0.3 is 0 Å². The Balaban J connectivity index is 2.30. The fourth-order valence-corrected chi connectivity index (χ4v) is 2.93. The normalized spacial score (nSPS) is 19.8. The summed E-state index contributed by atoms with van der Waals surface area (Å²) in [5, 5.41) is 20.0. The van der Waals surface area contributed by atoms with E-state index in [-0.39, 0.29) is 17.2 Å². The lowest BCUT2D eigenvalue weighted by atomic mass is 10.0. The quantitative estimate of drug-likeness (QED) is 0.660. The van der Waals surface area contributed by atoms with Gasteiger partial charge in [-0.2, -0.15) is 0 Å². The smallest absolute Gasteiger partial charge is 0.269 e. The van der Waals surface area contributed by atoms with Crippen molar-refractivity contribution in [3.63, 3.8) is 0 Å². The molecular formula is C15H23N3O3. The van der Waals surface area contributed by atoms with Gasteiger partial charge in [-0.1, -0.05) is 0 Å². The van der Waals surface area contributed by atoms with Crippen LogP contribution in [0.1, 0.15) is 18.9 Å². The SMILES string of the molecule is C[C@H]1CN(C)CCN1c1ccc([N+](=O)[O-])cc1CCCO. The minimum absolute atomic E-state index is 0.0976. The van der Waals surface area contributed by atoms with E-state index in [2.05, 4.69) is 23.8 Å². The predicted molar refractivity (Wildman–Crippen MR) is 82.8 cm³/mol. The Morgan fingerprint density at radius 1 is 1.43 bits per heavy atom. The van der Waals surface area contributed by atoms with E-state index in [1.165, 1.54) is 0 Å². The number of benzene rings is 1. The lowest BCUT2D eigenvalue weighted by Crippen LogP contribution is -2.50. The second-order valence-electron chi connectivity index (χ2n) is 5.70. The highest BCUT2D eigenvalue weighted by atomic mass is 16.6. The van der Waals surface area contributed by atoms with E-state index in [0.29, 0.717) is 18.9 Å². The van der Waals surface area contributed by atoms with Crippen molar-refractivity contribution in [1.29, 1.82) is 0 Å². The van der Waals surface area contributed by atoms with Crippen LogP contribution >= 0.6 is 0 Å². The van der Waals surface area contributed by atoms with Crippen LogP contribution in [-0.4, -0.2) is 54.3 Å². The molecule has 0 bridgehead atoms. The zero-order valence-corrected chi connectivity index (χ0v) is 12.7. The number of nitro benzene ring substituents is 1. The average Bonchev–Trinajstić information content (AvgIpc) is 2.45. The number of non-ortho nitro benzene ring substituents is 1. The first-order chi connectivity index (χ1) is 10.0. The lowest BCUT2D eigenvalue weighted by Gasteiger charge is -2.40. The fourth-order valence-electron chi connectivity index (χ4n) is 2.93. The second-order valence-corrected chi connectivity index (χ2v) is 5.70. The van der Waals surface area contributed by atoms with Crippen LogP contribution < -0.4 is 4.90 Å². The van der Waals surface area contributed by atoms with Gasteiger partial charge in [0.05, 0.1) is 4.92 Å². The number of nitro groups is 1. The molecule has 1 heterocycles. The first-order valence-corrected chi connectivity index (χ1v) is 7.36. The van der Waals surface area contributed by atoms with Gasteiger partial charge in [0.2, 0.25) is 0 Å². The number of piperazine rings is 1. The summed E-state index contributed by atoms with van der Waals surface area (Å²) < 4.78 is 0. The van der Waals surface area contributed by atoms with Crippen molar-refractivity contribution in [3.05, 3.63) is 33.9 Å². The van der Waals surface area contributed by atoms with E-state index >= 15 is 0 Å². The number of rotatable bonds is 5. The van der Waals surface area contributed by atoms with E-state index in [4.69, 9.17) is 5.11 Å². The standard InChI is InChI=1S/C15H23N3O3/c1-12-11-16(2)7-8-17(12)15-6-5-14(18(20)21)10-13(15)4-3-9-19/h5-6,10,12,19H,3-4,7-9,11H2,1-2H3/t12-/m0/s1. The Bertz CT molecular complexity index is 507. The second kappa shape index (κ2) is 6.87. The Morgan fingerprint density at radius 2 is 2.19 bits per heavy atom. The van der Waals surface area contributed by atoms with Crippen molar-refractivity contribution in [2.75, 3.05) is 38.2 Å². The molecule has 0 aliphatic carbocycles. The van der Waals surface area contributed by atoms with Gasteiger partial charge in [-0.25, -0.2) is 0 Å². The zero-order valence-electron chi connectivity index (χ0n) is 12.7. The van der Waals surface area contributed by atoms with E-state index in [0.717, 1.165) is 30.9 Å². The minimum Gasteiger partial charge on any atom is -0.396 e. The van der Waals surface area contributed by atoms with Gasteiger partial charge in [-0.05, 0) is 38.4 Å². The molecule has 2 rings (SSSR count). The molecule has 1 N–H and O–H groups in total. The Morgan fingerprint density at radius 3 is 2.81 bits per heavy atom. The molecule has 0 radical (unpaired) electrons. The van der Waals surface area contributed by atoms with Crippen molar-refractivity contribution in [1.82, 2.24) is 4.90 Å². The number of anilines is 1. The van der Waals surface area contributed by atoms with Crippen LogP contribution in [0.15, 0.2) is 18.2 Å². The molecule has 6 nitrogen and oxygen atoms in total. The Labute approximate surface area is 125 Å². The first-order valence-electron chi connectivity index (χ1n) is 7.36. The number of aryl methyl sites for hydroxylation is 1. The molecule has 1 saturated heterocycles. The maximum Gasteiger partial charge on any atom is 0.269 e. The van der Waals surface area contributed by atoms with Gasteiger partial charge in [0.15, 0.2) is 0 Å². The van der Waals surface area contributed by atoms with Gasteiger partial charge in [0.1, 0.15) is 0 Å². The molecule has 1 aliphatic rings. The Hall–Kier alpha value is -1.66. The number of likely N-dealkylation sites (N-methyl/N-ethyl adjacent to an activating group) is 1. The number of hydrogen-bond donors (Lipinski definition) is 1. The molecule has 1 aliphatic heterocycles. The van der Waals surface area contributed by atoms with Gasteiger partial charge in [0.25, 0.3) is 5.69 Å². The lowest BCUT2D eigenvalue weighted by molar-refractivity contribution is -0.384. The van der Waals surface area contributed by atoms with E-state index in [1.54, 1.807) is 12.1 Å². The summed E-state index contributed by atoms with van der Waals surface area (Å²) in [5.74, 6) is 0. The summed E-state index contributed by atoms with van der Waals surface area (Å²) in [5.41, 5.74) is 2.14. The molecule has 0 unspecified atom stereocenters. The summed E-state index contributed by atoms with van der Waals surface area (Å²) in [6, 6.07) is 5.45. The Kier molecular flexibility index (Phi) is 5.14. The summed E-state index contributed by atoms with van der Waals surface area (Å²) >= 11 is 0. The summed E-state index contributed by atoms with van der Waals surface area (Å²) in [6.45, 7) is 5.16. The largest absolute Gasteiger partial charge is 0.396 e. The molecule has 1 aromatic carbocycles. The van der Waals surface area contributed by atoms with E-state index in [1.807, 2.05) is 6.07 Å². The number of nitrogens with zero attached hydrogens (tertiary/aromatic N) is 3. The highest BCUT2D eigenvalue weighted by molar-refractivity contribution is 5.59. The third kappa shape index (κ3) is 3.71. The van der Waals surface area contributed by atoms with Crippen molar-refractivity contribution >= 4 is 11.4 Å². The third-order valence-corrected chi connectivity index (χ3v) is 4.02. The topological polar surface area (TPSA) is 69.9 Å². The van der Waals surface area contributed by atoms with Crippen LogP contribution in [-0.2, 0) is 6.42 Å². The van der Waals surface area contributed by atoms with Crippen LogP contribution in [0, 0.1) is 10.1 Å². The molecule has 1 fully saturated rings. The highest BCUT2D eigenvalue weighted by Crippen LogP contribution is 2.29. The summed E-state index contributed by atoms with van der Waals surface area (Å²) in [4.78, 5) is 15.2. The average molecular weight is 293 g/mol.